The molecule has 0 radical (unpaired) electrons. The van der Waals surface area contributed by atoms with Crippen LogP contribution in [0.15, 0.2) is 41.3 Å². The lowest BCUT2D eigenvalue weighted by atomic mass is 9.72. The lowest BCUT2D eigenvalue weighted by Gasteiger charge is -2.38. The number of aliphatic hydroxyl groups is 1. The molecule has 0 aliphatic heterocycles. The van der Waals surface area contributed by atoms with Crippen LogP contribution >= 0.6 is 0 Å². The molecular weight excluding hydrogens is 388 g/mol. The number of nitrogens with one attached hydrogen (secondary N) is 2. The third kappa shape index (κ3) is 4.07. The fourth-order valence-corrected chi connectivity index (χ4v) is 3.95. The maximum absolute atomic E-state index is 13.9. The summed E-state index contributed by atoms with van der Waals surface area (Å²) in [4.78, 5) is 17.1. The molecule has 0 aliphatic rings. The molecule has 3 rings (SSSR count). The molecule has 8 heteroatoms. The quantitative estimate of drug-likeness (QED) is 0.542. The number of benzene rings is 1. The predicted molar refractivity (Wildman–Crippen MR) is 102 cm³/mol. The maximum Gasteiger partial charge on any atom is 0.417 e. The van der Waals surface area contributed by atoms with Crippen LogP contribution in [0.5, 0.6) is 0 Å². The highest BCUT2D eigenvalue weighted by atomic mass is 19.4. The summed E-state index contributed by atoms with van der Waals surface area (Å²) in [5, 5.41) is 10.9. The van der Waals surface area contributed by atoms with E-state index in [0.29, 0.717) is 16.6 Å². The van der Waals surface area contributed by atoms with Gasteiger partial charge in [-0.2, -0.15) is 13.2 Å². The van der Waals surface area contributed by atoms with Gasteiger partial charge in [-0.15, -0.1) is 0 Å². The summed E-state index contributed by atoms with van der Waals surface area (Å²) in [5.74, 6) is -0.552. The Morgan fingerprint density at radius 2 is 1.79 bits per heavy atom. The van der Waals surface area contributed by atoms with Crippen LogP contribution in [0.1, 0.15) is 37.1 Å². The minimum Gasteiger partial charge on any atom is -0.380 e. The largest absolute Gasteiger partial charge is 0.417 e. The molecule has 2 aromatic heterocycles. The van der Waals surface area contributed by atoms with E-state index < -0.39 is 41.4 Å². The number of hydrogen-bond donors (Lipinski definition) is 3. The van der Waals surface area contributed by atoms with Crippen LogP contribution in [0.2, 0.25) is 0 Å². The molecule has 4 nitrogen and oxygen atoms in total. The van der Waals surface area contributed by atoms with Gasteiger partial charge in [0.05, 0.1) is 10.9 Å². The van der Waals surface area contributed by atoms with Gasteiger partial charge in [-0.25, -0.2) is 4.39 Å². The molecule has 0 bridgehead atoms. The number of hydrogen-bond acceptors (Lipinski definition) is 2. The number of H-pyrrole nitrogens is 2. The smallest absolute Gasteiger partial charge is 0.380 e. The zero-order valence-corrected chi connectivity index (χ0v) is 16.2. The molecule has 0 spiro atoms. The molecule has 0 amide bonds. The Kier molecular flexibility index (Phi) is 5.11. The molecular formula is C21H22F4N2O2. The topological polar surface area (TPSA) is 68.9 Å². The first-order chi connectivity index (χ1) is 13.3. The highest BCUT2D eigenvalue weighted by Crippen LogP contribution is 2.43. The van der Waals surface area contributed by atoms with Crippen molar-refractivity contribution in [2.75, 3.05) is 0 Å². The summed E-state index contributed by atoms with van der Waals surface area (Å²) in [6.07, 6.45) is -4.99. The van der Waals surface area contributed by atoms with E-state index >= 15 is 0 Å². The molecule has 1 atom stereocenters. The van der Waals surface area contributed by atoms with Gasteiger partial charge in [0, 0.05) is 18.3 Å². The Morgan fingerprint density at radius 1 is 1.10 bits per heavy atom. The predicted octanol–water partition coefficient (Wildman–Crippen LogP) is 4.51. The van der Waals surface area contributed by atoms with Crippen LogP contribution in [-0.4, -0.2) is 26.9 Å². The van der Waals surface area contributed by atoms with Crippen molar-refractivity contribution in [2.24, 2.45) is 0 Å². The Hall–Kier alpha value is -2.61. The summed E-state index contributed by atoms with van der Waals surface area (Å²) in [6, 6.07) is 6.79. The van der Waals surface area contributed by atoms with Gasteiger partial charge in [0.15, 0.2) is 5.60 Å². The van der Waals surface area contributed by atoms with Crippen molar-refractivity contribution in [3.63, 3.8) is 0 Å². The van der Waals surface area contributed by atoms with Crippen LogP contribution in [0.25, 0.3) is 10.9 Å². The zero-order valence-electron chi connectivity index (χ0n) is 16.2. The number of aromatic nitrogens is 2. The molecule has 0 fully saturated rings. The van der Waals surface area contributed by atoms with Crippen LogP contribution in [0.4, 0.5) is 17.6 Å². The Labute approximate surface area is 164 Å². The standard InChI is InChI=1S/C21H22F4N2O2/c1-12-4-5-13(22)8-16(12)19(2,3)11-20(29,21(23,24)25)10-14-9-15-17(27-14)6-7-26-18(15)28/h4-9,27,29H,10-11H2,1-3H3,(H,26,28). The molecule has 1 aromatic carbocycles. The van der Waals surface area contributed by atoms with E-state index in [9.17, 15) is 27.5 Å². The number of aryl methyl sites for hydroxylation is 1. The van der Waals surface area contributed by atoms with Crippen molar-refractivity contribution in [3.8, 4) is 0 Å². The van der Waals surface area contributed by atoms with Crippen molar-refractivity contribution in [1.29, 1.82) is 0 Å². The molecule has 156 valence electrons. The fraction of sp³-hybridized carbons (Fsp3) is 0.381. The van der Waals surface area contributed by atoms with Crippen LogP contribution in [-0.2, 0) is 11.8 Å². The van der Waals surface area contributed by atoms with Crippen molar-refractivity contribution in [3.05, 3.63) is 69.5 Å². The first-order valence-electron chi connectivity index (χ1n) is 9.07. The van der Waals surface area contributed by atoms with Crippen molar-refractivity contribution in [1.82, 2.24) is 9.97 Å². The first-order valence-corrected chi connectivity index (χ1v) is 9.07. The van der Waals surface area contributed by atoms with E-state index in [-0.39, 0.29) is 11.1 Å². The van der Waals surface area contributed by atoms with Gasteiger partial charge in [-0.3, -0.25) is 4.79 Å². The minimum atomic E-state index is -4.94. The van der Waals surface area contributed by atoms with E-state index in [1.807, 2.05) is 0 Å². The normalized spacial score (nSPS) is 14.9. The van der Waals surface area contributed by atoms with Gasteiger partial charge in [0.25, 0.3) is 5.56 Å². The van der Waals surface area contributed by atoms with Crippen molar-refractivity contribution >= 4 is 10.9 Å². The number of halogens is 4. The average molecular weight is 410 g/mol. The SMILES string of the molecule is Cc1ccc(F)cc1C(C)(C)CC(O)(Cc1cc2c(=O)[nH]ccc2[nH]1)C(F)(F)F. The third-order valence-electron chi connectivity index (χ3n) is 5.29. The highest BCUT2D eigenvalue weighted by molar-refractivity contribution is 5.79. The molecule has 29 heavy (non-hydrogen) atoms. The van der Waals surface area contributed by atoms with Gasteiger partial charge in [-0.1, -0.05) is 19.9 Å². The minimum absolute atomic E-state index is 0.0864. The number of alkyl halides is 3. The fourth-order valence-electron chi connectivity index (χ4n) is 3.95. The Bertz CT molecular complexity index is 1100. The second-order valence-electron chi connectivity index (χ2n) is 8.15. The summed E-state index contributed by atoms with van der Waals surface area (Å²) in [6.45, 7) is 4.77. The Balaban J connectivity index is 2.01. The molecule has 3 aromatic rings. The van der Waals surface area contributed by atoms with E-state index in [4.69, 9.17) is 0 Å². The average Bonchev–Trinajstić information content (AvgIpc) is 2.99. The van der Waals surface area contributed by atoms with Gasteiger partial charge in [0.2, 0.25) is 0 Å². The molecule has 2 heterocycles. The second-order valence-corrected chi connectivity index (χ2v) is 8.15. The third-order valence-corrected chi connectivity index (χ3v) is 5.29. The van der Waals surface area contributed by atoms with E-state index in [0.717, 1.165) is 0 Å². The summed E-state index contributed by atoms with van der Waals surface area (Å²) in [5.41, 5.74) is -3.18. The Morgan fingerprint density at radius 3 is 2.41 bits per heavy atom. The summed E-state index contributed by atoms with van der Waals surface area (Å²) < 4.78 is 55.6. The zero-order chi connectivity index (χ0) is 21.6. The van der Waals surface area contributed by atoms with Gasteiger partial charge < -0.3 is 15.1 Å². The monoisotopic (exact) mass is 410 g/mol. The van der Waals surface area contributed by atoms with Gasteiger partial charge in [-0.05, 0) is 54.2 Å². The lowest BCUT2D eigenvalue weighted by Crippen LogP contribution is -2.51. The highest BCUT2D eigenvalue weighted by Gasteiger charge is 2.56. The van der Waals surface area contributed by atoms with E-state index in [1.165, 1.54) is 36.5 Å². The van der Waals surface area contributed by atoms with Crippen LogP contribution in [0, 0.1) is 12.7 Å². The van der Waals surface area contributed by atoms with Gasteiger partial charge in [0.1, 0.15) is 5.82 Å². The number of pyridine rings is 1. The molecule has 3 N–H and O–H groups in total. The van der Waals surface area contributed by atoms with Crippen LogP contribution in [0.3, 0.4) is 0 Å². The molecule has 1 unspecified atom stereocenters. The number of fused-ring (bicyclic) bond motifs is 1. The summed E-state index contributed by atoms with van der Waals surface area (Å²) >= 11 is 0. The van der Waals surface area contributed by atoms with E-state index in [2.05, 4.69) is 9.97 Å². The molecule has 0 saturated carbocycles. The number of aromatic amines is 2. The van der Waals surface area contributed by atoms with E-state index in [1.54, 1.807) is 20.8 Å². The number of rotatable bonds is 5. The molecule has 0 aliphatic carbocycles. The first kappa shape index (κ1) is 21.1. The molecule has 0 saturated heterocycles. The van der Waals surface area contributed by atoms with Crippen molar-refractivity contribution in [2.45, 2.75) is 50.8 Å². The van der Waals surface area contributed by atoms with Crippen molar-refractivity contribution < 1.29 is 22.7 Å². The van der Waals surface area contributed by atoms with Crippen LogP contribution < -0.4 is 5.56 Å². The maximum atomic E-state index is 13.9. The second kappa shape index (κ2) is 7.02. The van der Waals surface area contributed by atoms with Gasteiger partial charge >= 0.3 is 6.18 Å². The lowest BCUT2D eigenvalue weighted by molar-refractivity contribution is -0.266. The summed E-state index contributed by atoms with van der Waals surface area (Å²) in [7, 11) is 0.